The number of benzene rings is 2. The molecule has 1 amide bonds. The van der Waals surface area contributed by atoms with Crippen LogP contribution in [0.5, 0.6) is 11.5 Å². The van der Waals surface area contributed by atoms with E-state index in [1.807, 2.05) is 0 Å². The lowest BCUT2D eigenvalue weighted by atomic mass is 10.2. The number of fused-ring (bicyclic) bond motifs is 1. The molecule has 1 saturated carbocycles. The normalized spacial score (nSPS) is 17.2. The number of ether oxygens (including phenoxy) is 1. The van der Waals surface area contributed by atoms with E-state index >= 15 is 0 Å². The summed E-state index contributed by atoms with van der Waals surface area (Å²) in [5, 5.41) is 4.03. The van der Waals surface area contributed by atoms with Crippen LogP contribution in [0.3, 0.4) is 0 Å². The molecule has 1 saturated heterocycles. The molecular weight excluding hydrogens is 457 g/mol. The van der Waals surface area contributed by atoms with Crippen molar-refractivity contribution in [2.75, 3.05) is 11.7 Å². The standard InChI is InChI=1S/C19H14Cl2F2N4O4/c20-11-5-9(26-8-24-18(29)31-26)6-12(21)15(11)30-10-1-2-13-14(7-10)27(17(28)25-13)19(3-4-19)16(22)23/h1-2,5-7,16H,3-4,8H2,(H,24,29)(H,25,28). The van der Waals surface area contributed by atoms with Crippen LogP contribution >= 0.6 is 23.2 Å². The van der Waals surface area contributed by atoms with Crippen LogP contribution in [0.2, 0.25) is 10.0 Å². The first kappa shape index (κ1) is 20.0. The van der Waals surface area contributed by atoms with E-state index in [0.29, 0.717) is 16.7 Å². The number of nitrogens with one attached hydrogen (secondary N) is 2. The second-order valence-corrected chi connectivity index (χ2v) is 8.10. The molecule has 0 bridgehead atoms. The van der Waals surface area contributed by atoms with Crippen molar-refractivity contribution in [1.82, 2.24) is 14.9 Å². The smallest absolute Gasteiger partial charge is 0.433 e. The molecule has 2 aromatic carbocycles. The topological polar surface area (TPSA) is 88.6 Å². The highest BCUT2D eigenvalue weighted by Gasteiger charge is 2.54. The second-order valence-electron chi connectivity index (χ2n) is 7.28. The fourth-order valence-corrected chi connectivity index (χ4v) is 4.16. The molecular formula is C19H14Cl2F2N4O4. The molecule has 162 valence electrons. The van der Waals surface area contributed by atoms with Gasteiger partial charge in [-0.25, -0.2) is 18.4 Å². The van der Waals surface area contributed by atoms with Crippen molar-refractivity contribution < 1.29 is 23.1 Å². The van der Waals surface area contributed by atoms with Gasteiger partial charge in [0.15, 0.2) is 5.75 Å². The first-order chi connectivity index (χ1) is 14.8. The largest absolute Gasteiger partial charge is 0.454 e. The molecule has 31 heavy (non-hydrogen) atoms. The molecule has 5 rings (SSSR count). The Labute approximate surface area is 183 Å². The predicted octanol–water partition coefficient (Wildman–Crippen LogP) is 4.60. The van der Waals surface area contributed by atoms with E-state index in [0.717, 1.165) is 4.57 Å². The van der Waals surface area contributed by atoms with Crippen molar-refractivity contribution in [3.63, 3.8) is 0 Å². The average molecular weight is 471 g/mol. The minimum atomic E-state index is -2.67. The number of halogens is 4. The van der Waals surface area contributed by atoms with Crippen LogP contribution in [-0.4, -0.2) is 28.7 Å². The van der Waals surface area contributed by atoms with Gasteiger partial charge in [0.25, 0.3) is 6.43 Å². The first-order valence-corrected chi connectivity index (χ1v) is 9.98. The van der Waals surface area contributed by atoms with Crippen molar-refractivity contribution in [1.29, 1.82) is 0 Å². The van der Waals surface area contributed by atoms with Gasteiger partial charge >= 0.3 is 11.8 Å². The molecule has 2 heterocycles. The van der Waals surface area contributed by atoms with Crippen molar-refractivity contribution in [3.05, 3.63) is 50.9 Å². The quantitative estimate of drug-likeness (QED) is 0.568. The number of hydrogen-bond donors (Lipinski definition) is 2. The summed E-state index contributed by atoms with van der Waals surface area (Å²) in [5.41, 5.74) is -0.937. The van der Waals surface area contributed by atoms with Crippen LogP contribution in [0.1, 0.15) is 12.8 Å². The number of imidazole rings is 1. The fourth-order valence-electron chi connectivity index (χ4n) is 3.61. The highest BCUT2D eigenvalue weighted by Crippen LogP contribution is 2.49. The maximum Gasteiger partial charge on any atom is 0.433 e. The predicted molar refractivity (Wildman–Crippen MR) is 109 cm³/mol. The SMILES string of the molecule is O=C1NCN(c2cc(Cl)c(Oc3ccc4[nH]c(=O)n(C5(C(F)F)CC5)c4c3)c(Cl)c2)O1. The fraction of sp³-hybridized carbons (Fsp3) is 0.263. The van der Waals surface area contributed by atoms with Crippen LogP contribution in [0.4, 0.5) is 19.3 Å². The molecule has 1 aliphatic carbocycles. The maximum absolute atomic E-state index is 13.6. The summed E-state index contributed by atoms with van der Waals surface area (Å²) in [6.07, 6.45) is -2.83. The van der Waals surface area contributed by atoms with E-state index < -0.39 is 23.7 Å². The van der Waals surface area contributed by atoms with Gasteiger partial charge in [0.1, 0.15) is 18.0 Å². The zero-order valence-corrected chi connectivity index (χ0v) is 17.1. The summed E-state index contributed by atoms with van der Waals surface area (Å²) in [6.45, 7) is 0.124. The number of amides is 1. The number of H-pyrrole nitrogens is 1. The Balaban J connectivity index is 1.50. The van der Waals surface area contributed by atoms with Crippen LogP contribution in [-0.2, 0) is 10.4 Å². The summed E-state index contributed by atoms with van der Waals surface area (Å²) in [6, 6.07) is 7.63. The molecule has 12 heteroatoms. The van der Waals surface area contributed by atoms with Gasteiger partial charge in [-0.15, -0.1) is 0 Å². The number of anilines is 1. The zero-order valence-electron chi connectivity index (χ0n) is 15.6. The van der Waals surface area contributed by atoms with Gasteiger partial charge < -0.3 is 14.6 Å². The Morgan fingerprint density at radius 3 is 2.42 bits per heavy atom. The Hall–Kier alpha value is -2.98. The molecule has 1 aliphatic heterocycles. The highest BCUT2D eigenvalue weighted by atomic mass is 35.5. The van der Waals surface area contributed by atoms with Gasteiger partial charge in [-0.1, -0.05) is 23.2 Å². The van der Waals surface area contributed by atoms with E-state index in [1.165, 1.54) is 23.3 Å². The summed E-state index contributed by atoms with van der Waals surface area (Å²) in [4.78, 5) is 31.1. The third kappa shape index (κ3) is 3.26. The Kier molecular flexibility index (Phi) is 4.52. The Bertz CT molecular complexity index is 1250. The number of hydroxylamine groups is 1. The lowest BCUT2D eigenvalue weighted by Gasteiger charge is -2.17. The molecule has 1 aromatic heterocycles. The van der Waals surface area contributed by atoms with Gasteiger partial charge in [-0.05, 0) is 37.1 Å². The van der Waals surface area contributed by atoms with Gasteiger partial charge in [0, 0.05) is 6.07 Å². The zero-order chi connectivity index (χ0) is 21.9. The first-order valence-electron chi connectivity index (χ1n) is 9.22. The molecule has 2 N–H and O–H groups in total. The lowest BCUT2D eigenvalue weighted by molar-refractivity contribution is 0.0675. The summed E-state index contributed by atoms with van der Waals surface area (Å²) >= 11 is 12.6. The van der Waals surface area contributed by atoms with Crippen LogP contribution in [0.25, 0.3) is 11.0 Å². The van der Waals surface area contributed by atoms with Gasteiger partial charge in [-0.2, -0.15) is 5.06 Å². The van der Waals surface area contributed by atoms with Crippen molar-refractivity contribution in [2.24, 2.45) is 0 Å². The molecule has 0 unspecified atom stereocenters. The lowest BCUT2D eigenvalue weighted by Crippen LogP contribution is -2.33. The van der Waals surface area contributed by atoms with Gasteiger partial charge in [0.05, 0.1) is 26.8 Å². The minimum Gasteiger partial charge on any atom is -0.454 e. The number of nitrogens with zero attached hydrogens (tertiary/aromatic N) is 2. The molecule has 2 aliphatic rings. The van der Waals surface area contributed by atoms with Crippen molar-refractivity contribution in [2.45, 2.75) is 24.8 Å². The second kappa shape index (κ2) is 7.03. The number of carbonyl (C=O) groups is 1. The van der Waals surface area contributed by atoms with E-state index in [4.69, 9.17) is 32.8 Å². The number of alkyl halides is 2. The van der Waals surface area contributed by atoms with E-state index in [2.05, 4.69) is 10.3 Å². The molecule has 0 spiro atoms. The average Bonchev–Trinajstić information content (AvgIpc) is 3.29. The van der Waals surface area contributed by atoms with Crippen molar-refractivity contribution >= 4 is 46.0 Å². The molecule has 3 aromatic rings. The van der Waals surface area contributed by atoms with Crippen molar-refractivity contribution in [3.8, 4) is 11.5 Å². The molecule has 8 nitrogen and oxygen atoms in total. The van der Waals surface area contributed by atoms with E-state index in [1.54, 1.807) is 12.1 Å². The number of aromatic amines is 1. The Morgan fingerprint density at radius 2 is 1.84 bits per heavy atom. The van der Waals surface area contributed by atoms with E-state index in [-0.39, 0.29) is 41.1 Å². The van der Waals surface area contributed by atoms with Gasteiger partial charge in [0.2, 0.25) is 0 Å². The highest BCUT2D eigenvalue weighted by molar-refractivity contribution is 6.37. The summed E-state index contributed by atoms with van der Waals surface area (Å²) in [5.74, 6) is 0.389. The van der Waals surface area contributed by atoms with Crippen LogP contribution in [0, 0.1) is 0 Å². The van der Waals surface area contributed by atoms with E-state index in [9.17, 15) is 18.4 Å². The number of hydrogen-bond acceptors (Lipinski definition) is 5. The molecule has 0 atom stereocenters. The number of aromatic nitrogens is 2. The molecule has 0 radical (unpaired) electrons. The monoisotopic (exact) mass is 470 g/mol. The number of carbonyl (C=O) groups excluding carboxylic acids is 1. The summed E-state index contributed by atoms with van der Waals surface area (Å²) in [7, 11) is 0. The number of rotatable bonds is 5. The molecule has 2 fully saturated rings. The van der Waals surface area contributed by atoms with Crippen LogP contribution < -0.4 is 20.8 Å². The Morgan fingerprint density at radius 1 is 1.13 bits per heavy atom. The minimum absolute atomic E-state index is 0.124. The maximum atomic E-state index is 13.6. The summed E-state index contributed by atoms with van der Waals surface area (Å²) < 4.78 is 34.1. The van der Waals surface area contributed by atoms with Gasteiger partial charge in [-0.3, -0.25) is 9.88 Å². The third-order valence-corrected chi connectivity index (χ3v) is 5.88. The third-order valence-electron chi connectivity index (χ3n) is 5.32. The van der Waals surface area contributed by atoms with Crippen LogP contribution in [0.15, 0.2) is 35.1 Å².